The summed E-state index contributed by atoms with van der Waals surface area (Å²) in [6.07, 6.45) is 36.4. The van der Waals surface area contributed by atoms with Gasteiger partial charge in [-0.3, -0.25) is 13.8 Å². The summed E-state index contributed by atoms with van der Waals surface area (Å²) < 4.78 is 23.4. The van der Waals surface area contributed by atoms with Crippen LogP contribution in [0.1, 0.15) is 155 Å². The number of unbranched alkanes of at least 4 members (excludes halogenated alkanes) is 17. The summed E-state index contributed by atoms with van der Waals surface area (Å²) >= 11 is 0. The maximum Gasteiger partial charge on any atom is 0.472 e. The molecule has 3 atom stereocenters. The molecule has 0 aromatic rings. The van der Waals surface area contributed by atoms with Gasteiger partial charge in [0.25, 0.3) is 0 Å². The summed E-state index contributed by atoms with van der Waals surface area (Å²) in [7, 11) is 1.54. The molecular formula is C39H76N2O6P+. The van der Waals surface area contributed by atoms with E-state index < -0.39 is 20.0 Å². The smallest absolute Gasteiger partial charge is 0.387 e. The summed E-state index contributed by atoms with van der Waals surface area (Å²) in [6, 6.07) is -0.863. The van der Waals surface area contributed by atoms with E-state index in [1.54, 1.807) is 6.08 Å². The summed E-state index contributed by atoms with van der Waals surface area (Å²) in [5.74, 6) is -0.200. The molecule has 0 heterocycles. The van der Waals surface area contributed by atoms with Crippen LogP contribution in [0.4, 0.5) is 0 Å². The molecule has 3 unspecified atom stereocenters. The van der Waals surface area contributed by atoms with Crippen LogP contribution in [-0.2, 0) is 18.4 Å². The number of carbonyl (C=O) groups excluding carboxylic acids is 1. The highest BCUT2D eigenvalue weighted by molar-refractivity contribution is 7.47. The van der Waals surface area contributed by atoms with Gasteiger partial charge in [0.1, 0.15) is 13.2 Å². The van der Waals surface area contributed by atoms with Crippen molar-refractivity contribution in [3.05, 3.63) is 36.5 Å². The number of aliphatic hydroxyl groups excluding tert-OH is 1. The second-order valence-corrected chi connectivity index (χ2v) is 15.7. The number of quaternary nitrogens is 1. The first-order valence-corrected chi connectivity index (χ1v) is 20.9. The first-order chi connectivity index (χ1) is 23.0. The lowest BCUT2D eigenvalue weighted by molar-refractivity contribution is -0.870. The van der Waals surface area contributed by atoms with Gasteiger partial charge < -0.3 is 19.8 Å². The fraction of sp³-hybridized carbons (Fsp3) is 0.821. The highest BCUT2D eigenvalue weighted by Gasteiger charge is 2.27. The van der Waals surface area contributed by atoms with Crippen LogP contribution in [0.15, 0.2) is 36.5 Å². The van der Waals surface area contributed by atoms with Crippen LogP contribution in [0, 0.1) is 0 Å². The van der Waals surface area contributed by atoms with Gasteiger partial charge in [-0.15, -0.1) is 0 Å². The lowest BCUT2D eigenvalue weighted by Gasteiger charge is -2.25. The van der Waals surface area contributed by atoms with Crippen molar-refractivity contribution in [1.29, 1.82) is 0 Å². The third-order valence-electron chi connectivity index (χ3n) is 8.33. The Hall–Kier alpha value is -1.28. The van der Waals surface area contributed by atoms with E-state index in [0.717, 1.165) is 51.4 Å². The van der Waals surface area contributed by atoms with E-state index >= 15 is 0 Å². The van der Waals surface area contributed by atoms with Crippen LogP contribution in [0.3, 0.4) is 0 Å². The molecule has 0 fully saturated rings. The van der Waals surface area contributed by atoms with Gasteiger partial charge in [0, 0.05) is 6.42 Å². The summed E-state index contributed by atoms with van der Waals surface area (Å²) in [5, 5.41) is 13.7. The minimum absolute atomic E-state index is 0.0541. The molecule has 0 aliphatic carbocycles. The third kappa shape index (κ3) is 33.2. The molecule has 0 aliphatic heterocycles. The van der Waals surface area contributed by atoms with Crippen molar-refractivity contribution in [3.8, 4) is 0 Å². The Morgan fingerprint density at radius 2 is 1.15 bits per heavy atom. The average molecular weight is 700 g/mol. The van der Waals surface area contributed by atoms with Crippen molar-refractivity contribution < 1.29 is 32.9 Å². The largest absolute Gasteiger partial charge is 0.472 e. The first kappa shape index (κ1) is 46.7. The van der Waals surface area contributed by atoms with Crippen LogP contribution in [0.25, 0.3) is 0 Å². The maximum atomic E-state index is 12.8. The van der Waals surface area contributed by atoms with Crippen molar-refractivity contribution in [2.24, 2.45) is 0 Å². The van der Waals surface area contributed by atoms with Gasteiger partial charge in [0.15, 0.2) is 0 Å². The molecule has 0 rings (SSSR count). The normalized spacial score (nSPS) is 15.1. The predicted molar refractivity (Wildman–Crippen MR) is 203 cm³/mol. The molecule has 1 amide bonds. The fourth-order valence-electron chi connectivity index (χ4n) is 5.17. The monoisotopic (exact) mass is 700 g/mol. The molecule has 0 radical (unpaired) electrons. The third-order valence-corrected chi connectivity index (χ3v) is 9.32. The zero-order chi connectivity index (χ0) is 35.8. The number of phosphoric acid groups is 1. The van der Waals surface area contributed by atoms with Crippen molar-refractivity contribution in [2.45, 2.75) is 167 Å². The molecule has 0 spiro atoms. The number of nitrogens with zero attached hydrogens (tertiary/aromatic N) is 1. The topological polar surface area (TPSA) is 105 Å². The molecule has 0 saturated carbocycles. The quantitative estimate of drug-likeness (QED) is 0.0267. The molecule has 3 N–H and O–H groups in total. The molecule has 282 valence electrons. The molecule has 8 nitrogen and oxygen atoms in total. The fourth-order valence-corrected chi connectivity index (χ4v) is 5.90. The number of phosphoric ester groups is 1. The van der Waals surface area contributed by atoms with Gasteiger partial charge in [-0.1, -0.05) is 127 Å². The number of aliphatic hydroxyl groups is 1. The molecule has 0 aromatic heterocycles. The SMILES string of the molecule is CCCCCCC/C=C\CCCCCCCC(=O)NC(COP(=O)(O)OCC[N+](C)(C)C)C(O)/C=C/CC/C=C/CCCCCCCC. The Kier molecular flexibility index (Phi) is 30.8. The number of amides is 1. The standard InChI is InChI=1S/C39H75N2O6P/c1-6-8-10-12-14-16-18-20-21-23-25-27-29-31-33-39(43)40-37(36-47-48(44,45)46-35-34-41(3,4)5)38(42)32-30-28-26-24-22-19-17-15-13-11-9-7-2/h18,20,22,24,30,32,37-38,42H,6-17,19,21,23,25-29,31,33-36H2,1-5H3,(H-,40,43,44,45)/p+1/b20-18-,24-22+,32-30+. The molecule has 48 heavy (non-hydrogen) atoms. The molecular weight excluding hydrogens is 623 g/mol. The number of carbonyl (C=O) groups is 1. The molecule has 9 heteroatoms. The van der Waals surface area contributed by atoms with E-state index in [2.05, 4.69) is 43.5 Å². The van der Waals surface area contributed by atoms with Crippen LogP contribution in [-0.4, -0.2) is 73.4 Å². The maximum absolute atomic E-state index is 12.8. The van der Waals surface area contributed by atoms with Gasteiger partial charge in [0.2, 0.25) is 5.91 Å². The predicted octanol–water partition coefficient (Wildman–Crippen LogP) is 9.96. The average Bonchev–Trinajstić information content (AvgIpc) is 3.02. The second-order valence-electron chi connectivity index (χ2n) is 14.3. The van der Waals surface area contributed by atoms with Crippen molar-refractivity contribution in [2.75, 3.05) is 40.9 Å². The van der Waals surface area contributed by atoms with Gasteiger partial charge in [0.05, 0.1) is 39.9 Å². The molecule has 0 aromatic carbocycles. The lowest BCUT2D eigenvalue weighted by Crippen LogP contribution is -2.45. The Bertz CT molecular complexity index is 886. The van der Waals surface area contributed by atoms with Gasteiger partial charge in [-0.2, -0.15) is 0 Å². The van der Waals surface area contributed by atoms with Crippen LogP contribution in [0.5, 0.6) is 0 Å². The van der Waals surface area contributed by atoms with Crippen molar-refractivity contribution in [3.63, 3.8) is 0 Å². The minimum Gasteiger partial charge on any atom is -0.387 e. The number of rotatable bonds is 34. The number of nitrogens with one attached hydrogen (secondary N) is 1. The van der Waals surface area contributed by atoms with E-state index in [1.807, 2.05) is 27.2 Å². The first-order valence-electron chi connectivity index (χ1n) is 19.4. The van der Waals surface area contributed by atoms with Crippen LogP contribution < -0.4 is 5.32 Å². The summed E-state index contributed by atoms with van der Waals surface area (Å²) in [4.78, 5) is 23.0. The summed E-state index contributed by atoms with van der Waals surface area (Å²) in [5.41, 5.74) is 0. The van der Waals surface area contributed by atoms with Gasteiger partial charge in [-0.25, -0.2) is 4.57 Å². The van der Waals surface area contributed by atoms with Crippen LogP contribution >= 0.6 is 7.82 Å². The van der Waals surface area contributed by atoms with Crippen molar-refractivity contribution >= 4 is 13.7 Å². The van der Waals surface area contributed by atoms with Gasteiger partial charge in [-0.05, 0) is 57.8 Å². The zero-order valence-corrected chi connectivity index (χ0v) is 32.6. The molecule has 0 aliphatic rings. The number of likely N-dealkylation sites (N-methyl/N-ethyl adjacent to an activating group) is 1. The number of allylic oxidation sites excluding steroid dienone is 5. The molecule has 0 saturated heterocycles. The lowest BCUT2D eigenvalue weighted by atomic mass is 10.1. The minimum atomic E-state index is -4.34. The Morgan fingerprint density at radius 1 is 0.688 bits per heavy atom. The van der Waals surface area contributed by atoms with Crippen molar-refractivity contribution in [1.82, 2.24) is 5.32 Å². The summed E-state index contributed by atoms with van der Waals surface area (Å²) in [6.45, 7) is 4.73. The van der Waals surface area contributed by atoms with E-state index in [4.69, 9.17) is 9.05 Å². The highest BCUT2D eigenvalue weighted by atomic mass is 31.2. The second kappa shape index (κ2) is 31.7. The highest BCUT2D eigenvalue weighted by Crippen LogP contribution is 2.43. The van der Waals surface area contributed by atoms with E-state index in [0.29, 0.717) is 17.4 Å². The van der Waals surface area contributed by atoms with Crippen LogP contribution in [0.2, 0.25) is 0 Å². The Morgan fingerprint density at radius 3 is 1.67 bits per heavy atom. The Labute approximate surface area is 296 Å². The van der Waals surface area contributed by atoms with E-state index in [9.17, 15) is 19.4 Å². The number of hydrogen-bond acceptors (Lipinski definition) is 5. The Balaban J connectivity index is 4.59. The van der Waals surface area contributed by atoms with E-state index in [-0.39, 0.29) is 19.1 Å². The number of hydrogen-bond donors (Lipinski definition) is 3. The molecule has 0 bridgehead atoms. The van der Waals surface area contributed by atoms with E-state index in [1.165, 1.54) is 83.5 Å². The van der Waals surface area contributed by atoms with Gasteiger partial charge >= 0.3 is 7.82 Å². The zero-order valence-electron chi connectivity index (χ0n) is 31.7.